The smallest absolute Gasteiger partial charge is 0.306 e. The molecule has 0 saturated heterocycles. The highest BCUT2D eigenvalue weighted by molar-refractivity contribution is 7.86. The maximum Gasteiger partial charge on any atom is 0.306 e. The summed E-state index contributed by atoms with van der Waals surface area (Å²) in [7, 11) is -3.66. The maximum absolute atomic E-state index is 12.3. The molecule has 0 unspecified atom stereocenters. The molecule has 0 spiro atoms. The quantitative estimate of drug-likeness (QED) is 0.774. The summed E-state index contributed by atoms with van der Waals surface area (Å²) in [5.41, 5.74) is 1.09. The van der Waals surface area contributed by atoms with Crippen LogP contribution >= 0.6 is 0 Å². The van der Waals surface area contributed by atoms with Crippen molar-refractivity contribution in [2.45, 2.75) is 20.8 Å². The predicted octanol–water partition coefficient (Wildman–Crippen LogP) is 1.82. The van der Waals surface area contributed by atoms with Gasteiger partial charge >= 0.3 is 10.1 Å². The summed E-state index contributed by atoms with van der Waals surface area (Å²) in [5.74, 6) is -0.150. The van der Waals surface area contributed by atoms with Crippen molar-refractivity contribution < 1.29 is 17.4 Å². The number of amides is 1. The Morgan fingerprint density at radius 1 is 1.26 bits per heavy atom. The van der Waals surface area contributed by atoms with Crippen LogP contribution in [-0.2, 0) is 10.1 Å². The van der Waals surface area contributed by atoms with E-state index in [2.05, 4.69) is 0 Å². The Balaban J connectivity index is 3.23. The third kappa shape index (κ3) is 4.24. The third-order valence-electron chi connectivity index (χ3n) is 2.66. The molecule has 0 saturated carbocycles. The molecule has 0 N–H and O–H groups in total. The molecule has 0 bridgehead atoms. The van der Waals surface area contributed by atoms with Crippen LogP contribution in [0.3, 0.4) is 0 Å². The highest BCUT2D eigenvalue weighted by Gasteiger charge is 2.19. The number of hydrogen-bond donors (Lipinski definition) is 0. The zero-order chi connectivity index (χ0) is 14.6. The second-order valence-electron chi connectivity index (χ2n) is 4.26. The molecule has 1 aromatic rings. The first-order chi connectivity index (χ1) is 8.78. The molecule has 0 heterocycles. The summed E-state index contributed by atoms with van der Waals surface area (Å²) in [6.07, 6.45) is 0.959. The van der Waals surface area contributed by atoms with Crippen LogP contribution in [0.25, 0.3) is 0 Å². The topological polar surface area (TPSA) is 63.7 Å². The van der Waals surface area contributed by atoms with Crippen LogP contribution in [0, 0.1) is 6.92 Å². The van der Waals surface area contributed by atoms with E-state index in [1.54, 1.807) is 30.0 Å². The molecule has 106 valence electrons. The number of carbonyl (C=O) groups excluding carboxylic acids is 1. The molecule has 6 heteroatoms. The zero-order valence-electron chi connectivity index (χ0n) is 11.6. The van der Waals surface area contributed by atoms with Gasteiger partial charge in [0, 0.05) is 13.1 Å². The Bertz CT molecular complexity index is 562. The molecule has 0 aliphatic carbocycles. The number of benzene rings is 1. The number of carbonyl (C=O) groups is 1. The minimum Gasteiger partial charge on any atom is -0.382 e. The summed E-state index contributed by atoms with van der Waals surface area (Å²) in [6.45, 7) is 6.66. The second kappa shape index (κ2) is 6.06. The van der Waals surface area contributed by atoms with Crippen LogP contribution in [0.2, 0.25) is 0 Å². The molecule has 1 rings (SSSR count). The van der Waals surface area contributed by atoms with Gasteiger partial charge < -0.3 is 9.08 Å². The van der Waals surface area contributed by atoms with Gasteiger partial charge in [-0.15, -0.1) is 0 Å². The Hall–Kier alpha value is -1.56. The minimum absolute atomic E-state index is 0.0828. The fourth-order valence-corrected chi connectivity index (χ4v) is 2.18. The van der Waals surface area contributed by atoms with Gasteiger partial charge in [0.05, 0.1) is 11.8 Å². The number of nitrogens with zero attached hydrogens (tertiary/aromatic N) is 1. The molecule has 0 aliphatic heterocycles. The number of aryl methyl sites for hydroxylation is 1. The van der Waals surface area contributed by atoms with E-state index in [4.69, 9.17) is 4.18 Å². The summed E-state index contributed by atoms with van der Waals surface area (Å²) in [5, 5.41) is 0. The van der Waals surface area contributed by atoms with Crippen LogP contribution in [-0.4, -0.2) is 38.6 Å². The van der Waals surface area contributed by atoms with E-state index in [9.17, 15) is 13.2 Å². The molecule has 19 heavy (non-hydrogen) atoms. The molecule has 0 fully saturated rings. The van der Waals surface area contributed by atoms with E-state index in [1.165, 1.54) is 0 Å². The van der Waals surface area contributed by atoms with E-state index < -0.39 is 10.1 Å². The van der Waals surface area contributed by atoms with E-state index >= 15 is 0 Å². The normalized spacial score (nSPS) is 11.2. The van der Waals surface area contributed by atoms with Crippen molar-refractivity contribution in [3.8, 4) is 5.75 Å². The summed E-state index contributed by atoms with van der Waals surface area (Å²) in [4.78, 5) is 13.9. The summed E-state index contributed by atoms with van der Waals surface area (Å²) < 4.78 is 27.4. The molecule has 1 aromatic carbocycles. The van der Waals surface area contributed by atoms with Crippen LogP contribution < -0.4 is 4.18 Å². The van der Waals surface area contributed by atoms with Gasteiger partial charge in [-0.3, -0.25) is 4.79 Å². The van der Waals surface area contributed by atoms with Crippen molar-refractivity contribution in [3.63, 3.8) is 0 Å². The summed E-state index contributed by atoms with van der Waals surface area (Å²) in [6, 6.07) is 4.90. The second-order valence-corrected chi connectivity index (χ2v) is 5.84. The molecule has 0 aromatic heterocycles. The average Bonchev–Trinajstić information content (AvgIpc) is 2.28. The van der Waals surface area contributed by atoms with Gasteiger partial charge in [0.1, 0.15) is 0 Å². The monoisotopic (exact) mass is 285 g/mol. The van der Waals surface area contributed by atoms with E-state index in [0.717, 1.165) is 11.8 Å². The van der Waals surface area contributed by atoms with Crippen molar-refractivity contribution in [2.24, 2.45) is 0 Å². The molecule has 0 aliphatic rings. The standard InChI is InChI=1S/C13H19NO4S/c1-5-14(6-2)13(15)11-8-7-10(3)9-12(11)18-19(4,16)17/h7-9H,5-6H2,1-4H3. The van der Waals surface area contributed by atoms with Gasteiger partial charge in [-0.2, -0.15) is 8.42 Å². The first kappa shape index (κ1) is 15.5. The molecular weight excluding hydrogens is 266 g/mol. The molecule has 0 radical (unpaired) electrons. The van der Waals surface area contributed by atoms with Gasteiger partial charge in [-0.1, -0.05) is 6.07 Å². The highest BCUT2D eigenvalue weighted by atomic mass is 32.2. The fraction of sp³-hybridized carbons (Fsp3) is 0.462. The van der Waals surface area contributed by atoms with Crippen LogP contribution in [0.4, 0.5) is 0 Å². The largest absolute Gasteiger partial charge is 0.382 e. The van der Waals surface area contributed by atoms with Crippen molar-refractivity contribution >= 4 is 16.0 Å². The highest BCUT2D eigenvalue weighted by Crippen LogP contribution is 2.23. The Labute approximate surface area is 114 Å². The lowest BCUT2D eigenvalue weighted by molar-refractivity contribution is 0.0771. The van der Waals surface area contributed by atoms with Crippen molar-refractivity contribution in [3.05, 3.63) is 29.3 Å². The lowest BCUT2D eigenvalue weighted by Crippen LogP contribution is -2.31. The van der Waals surface area contributed by atoms with Gasteiger partial charge in [-0.05, 0) is 38.5 Å². The molecule has 1 amide bonds. The van der Waals surface area contributed by atoms with Crippen molar-refractivity contribution in [1.82, 2.24) is 4.90 Å². The zero-order valence-corrected chi connectivity index (χ0v) is 12.5. The Morgan fingerprint density at radius 2 is 1.84 bits per heavy atom. The van der Waals surface area contributed by atoms with Crippen LogP contribution in [0.15, 0.2) is 18.2 Å². The number of rotatable bonds is 5. The first-order valence-electron chi connectivity index (χ1n) is 6.07. The van der Waals surface area contributed by atoms with Crippen molar-refractivity contribution in [2.75, 3.05) is 19.3 Å². The predicted molar refractivity (Wildman–Crippen MR) is 73.9 cm³/mol. The average molecular weight is 285 g/mol. The minimum atomic E-state index is -3.66. The molecule has 5 nitrogen and oxygen atoms in total. The van der Waals surface area contributed by atoms with E-state index in [-0.39, 0.29) is 17.2 Å². The van der Waals surface area contributed by atoms with Crippen LogP contribution in [0.1, 0.15) is 29.8 Å². The number of hydrogen-bond acceptors (Lipinski definition) is 4. The molecular formula is C13H19NO4S. The van der Waals surface area contributed by atoms with Gasteiger partial charge in [0.2, 0.25) is 0 Å². The lowest BCUT2D eigenvalue weighted by atomic mass is 10.1. The van der Waals surface area contributed by atoms with Gasteiger partial charge in [0.25, 0.3) is 5.91 Å². The van der Waals surface area contributed by atoms with Crippen LogP contribution in [0.5, 0.6) is 5.75 Å². The third-order valence-corrected chi connectivity index (χ3v) is 3.14. The Kier molecular flexibility index (Phi) is 4.94. The fourth-order valence-electron chi connectivity index (χ4n) is 1.72. The maximum atomic E-state index is 12.3. The van der Waals surface area contributed by atoms with E-state index in [1.807, 2.05) is 13.8 Å². The van der Waals surface area contributed by atoms with E-state index in [0.29, 0.717) is 13.1 Å². The first-order valence-corrected chi connectivity index (χ1v) is 7.89. The molecule has 0 atom stereocenters. The summed E-state index contributed by atoms with van der Waals surface area (Å²) >= 11 is 0. The van der Waals surface area contributed by atoms with Gasteiger partial charge in [0.15, 0.2) is 5.75 Å². The van der Waals surface area contributed by atoms with Crippen molar-refractivity contribution in [1.29, 1.82) is 0 Å². The Morgan fingerprint density at radius 3 is 2.32 bits per heavy atom. The SMILES string of the molecule is CCN(CC)C(=O)c1ccc(C)cc1OS(C)(=O)=O. The lowest BCUT2D eigenvalue weighted by Gasteiger charge is -2.20. The van der Waals surface area contributed by atoms with Gasteiger partial charge in [-0.25, -0.2) is 0 Å².